The first-order valence-electron chi connectivity index (χ1n) is 7.48. The molecule has 0 aliphatic carbocycles. The van der Waals surface area contributed by atoms with Crippen molar-refractivity contribution < 1.29 is 4.79 Å². The Kier molecular flexibility index (Phi) is 4.62. The molecular weight excluding hydrogens is 226 g/mol. The zero-order valence-electron chi connectivity index (χ0n) is 12.0. The normalized spacial score (nSPS) is 31.3. The summed E-state index contributed by atoms with van der Waals surface area (Å²) in [5.74, 6) is 0.302. The molecule has 0 aromatic rings. The van der Waals surface area contributed by atoms with E-state index in [1.54, 1.807) is 0 Å². The second-order valence-electron chi connectivity index (χ2n) is 5.65. The Morgan fingerprint density at radius 2 is 1.94 bits per heavy atom. The third-order valence-electron chi connectivity index (χ3n) is 4.27. The molecule has 3 unspecified atom stereocenters. The van der Waals surface area contributed by atoms with Crippen molar-refractivity contribution in [1.82, 2.24) is 15.1 Å². The van der Waals surface area contributed by atoms with Gasteiger partial charge in [0.05, 0.1) is 12.2 Å². The van der Waals surface area contributed by atoms with Crippen LogP contribution >= 0.6 is 0 Å². The van der Waals surface area contributed by atoms with E-state index >= 15 is 0 Å². The average Bonchev–Trinajstić information content (AvgIpc) is 2.96. The van der Waals surface area contributed by atoms with Crippen LogP contribution in [0.1, 0.15) is 46.5 Å². The summed E-state index contributed by atoms with van der Waals surface area (Å²) >= 11 is 0. The molecule has 4 nitrogen and oxygen atoms in total. The Morgan fingerprint density at radius 1 is 1.28 bits per heavy atom. The van der Waals surface area contributed by atoms with Crippen LogP contribution in [-0.2, 0) is 4.79 Å². The highest BCUT2D eigenvalue weighted by Gasteiger charge is 2.39. The van der Waals surface area contributed by atoms with E-state index in [1.807, 2.05) is 0 Å². The monoisotopic (exact) mass is 253 g/mol. The minimum atomic E-state index is 0.0379. The molecule has 2 aliphatic rings. The number of hydrogen-bond donors (Lipinski definition) is 1. The van der Waals surface area contributed by atoms with Crippen LogP contribution in [0.5, 0.6) is 0 Å². The fraction of sp³-hybridized carbons (Fsp3) is 0.929. The quantitative estimate of drug-likeness (QED) is 0.805. The van der Waals surface area contributed by atoms with Crippen LogP contribution in [0.25, 0.3) is 0 Å². The van der Waals surface area contributed by atoms with E-state index in [1.165, 1.54) is 25.9 Å². The van der Waals surface area contributed by atoms with E-state index < -0.39 is 0 Å². The molecule has 3 atom stereocenters. The number of nitrogens with one attached hydrogen (secondary N) is 1. The topological polar surface area (TPSA) is 35.6 Å². The van der Waals surface area contributed by atoms with Gasteiger partial charge in [0.15, 0.2) is 0 Å². The van der Waals surface area contributed by atoms with Crippen LogP contribution in [0.2, 0.25) is 0 Å². The van der Waals surface area contributed by atoms with E-state index in [2.05, 4.69) is 35.9 Å². The van der Waals surface area contributed by atoms with Crippen molar-refractivity contribution in [3.05, 3.63) is 0 Å². The van der Waals surface area contributed by atoms with Crippen molar-refractivity contribution >= 4 is 5.91 Å². The minimum absolute atomic E-state index is 0.0379. The highest BCUT2D eigenvalue weighted by molar-refractivity contribution is 5.84. The summed E-state index contributed by atoms with van der Waals surface area (Å²) in [6, 6.07) is 0.362. The first kappa shape index (κ1) is 13.8. The Morgan fingerprint density at radius 3 is 2.50 bits per heavy atom. The highest BCUT2D eigenvalue weighted by atomic mass is 16.2. The second kappa shape index (κ2) is 6.02. The molecule has 0 spiro atoms. The Balaban J connectivity index is 1.97. The van der Waals surface area contributed by atoms with Crippen molar-refractivity contribution in [1.29, 1.82) is 0 Å². The molecule has 2 saturated heterocycles. The molecule has 1 amide bonds. The number of hydrogen-bond acceptors (Lipinski definition) is 3. The lowest BCUT2D eigenvalue weighted by molar-refractivity contribution is -0.132. The van der Waals surface area contributed by atoms with Gasteiger partial charge < -0.3 is 9.80 Å². The van der Waals surface area contributed by atoms with Gasteiger partial charge in [-0.3, -0.25) is 10.1 Å². The van der Waals surface area contributed by atoms with E-state index in [0.717, 1.165) is 19.4 Å². The molecule has 0 saturated carbocycles. The van der Waals surface area contributed by atoms with Crippen molar-refractivity contribution in [3.63, 3.8) is 0 Å². The first-order valence-corrected chi connectivity index (χ1v) is 7.48. The number of likely N-dealkylation sites (tertiary alicyclic amines) is 1. The van der Waals surface area contributed by atoms with Crippen LogP contribution in [0.4, 0.5) is 0 Å². The number of rotatable bonds is 5. The fourth-order valence-electron chi connectivity index (χ4n) is 3.28. The number of carbonyl (C=O) groups is 1. The Hall–Kier alpha value is -0.610. The zero-order chi connectivity index (χ0) is 13.1. The molecule has 0 aromatic carbocycles. The summed E-state index contributed by atoms with van der Waals surface area (Å²) in [6.45, 7) is 9.86. The molecule has 0 aromatic heterocycles. The fourth-order valence-corrected chi connectivity index (χ4v) is 3.28. The van der Waals surface area contributed by atoms with Gasteiger partial charge in [-0.15, -0.1) is 0 Å². The largest absolute Gasteiger partial charge is 0.322 e. The van der Waals surface area contributed by atoms with Crippen molar-refractivity contribution in [2.24, 2.45) is 0 Å². The summed E-state index contributed by atoms with van der Waals surface area (Å²) in [7, 11) is 0. The van der Waals surface area contributed by atoms with Gasteiger partial charge >= 0.3 is 0 Å². The predicted molar refractivity (Wildman–Crippen MR) is 73.3 cm³/mol. The number of nitrogens with zero attached hydrogens (tertiary/aromatic N) is 2. The van der Waals surface area contributed by atoms with Gasteiger partial charge in [0, 0.05) is 12.6 Å². The predicted octanol–water partition coefficient (Wildman–Crippen LogP) is 1.42. The maximum absolute atomic E-state index is 12.4. The van der Waals surface area contributed by atoms with Gasteiger partial charge in [0.1, 0.15) is 0 Å². The minimum Gasteiger partial charge on any atom is -0.322 e. The zero-order valence-corrected chi connectivity index (χ0v) is 12.0. The van der Waals surface area contributed by atoms with Crippen molar-refractivity contribution in [2.45, 2.75) is 64.7 Å². The lowest BCUT2D eigenvalue weighted by Gasteiger charge is -2.32. The molecule has 0 bridgehead atoms. The van der Waals surface area contributed by atoms with E-state index in [9.17, 15) is 4.79 Å². The maximum Gasteiger partial charge on any atom is 0.241 e. The van der Waals surface area contributed by atoms with Gasteiger partial charge in [-0.2, -0.15) is 0 Å². The molecule has 1 N–H and O–H groups in total. The standard InChI is InChI=1S/C14H27N3O/c1-4-12-14(18)17(13(5-2)15-12)11(3)10-16-8-6-7-9-16/h11-13,15H,4-10H2,1-3H3. The van der Waals surface area contributed by atoms with Crippen LogP contribution in [0, 0.1) is 0 Å². The van der Waals surface area contributed by atoms with Gasteiger partial charge in [-0.05, 0) is 45.7 Å². The van der Waals surface area contributed by atoms with Crippen molar-refractivity contribution in [2.75, 3.05) is 19.6 Å². The Labute approximate surface area is 111 Å². The van der Waals surface area contributed by atoms with E-state index in [-0.39, 0.29) is 12.2 Å². The van der Waals surface area contributed by atoms with Crippen molar-refractivity contribution in [3.8, 4) is 0 Å². The van der Waals surface area contributed by atoms with Gasteiger partial charge in [-0.25, -0.2) is 0 Å². The Bertz CT molecular complexity index is 289. The summed E-state index contributed by atoms with van der Waals surface area (Å²) < 4.78 is 0. The van der Waals surface area contributed by atoms with Crippen LogP contribution in [0.15, 0.2) is 0 Å². The van der Waals surface area contributed by atoms with E-state index in [0.29, 0.717) is 11.9 Å². The average molecular weight is 253 g/mol. The molecule has 0 radical (unpaired) electrons. The molecule has 2 fully saturated rings. The second-order valence-corrected chi connectivity index (χ2v) is 5.65. The van der Waals surface area contributed by atoms with Gasteiger partial charge in [0.25, 0.3) is 0 Å². The number of amides is 1. The van der Waals surface area contributed by atoms with E-state index in [4.69, 9.17) is 0 Å². The lowest BCUT2D eigenvalue weighted by Crippen LogP contribution is -2.47. The molecule has 2 aliphatic heterocycles. The molecule has 2 heterocycles. The van der Waals surface area contributed by atoms with Gasteiger partial charge in [-0.1, -0.05) is 13.8 Å². The molecule has 2 rings (SSSR count). The molecule has 104 valence electrons. The summed E-state index contributed by atoms with van der Waals surface area (Å²) in [6.07, 6.45) is 4.75. The van der Waals surface area contributed by atoms with Crippen LogP contribution < -0.4 is 5.32 Å². The third kappa shape index (κ3) is 2.69. The van der Waals surface area contributed by atoms with Crippen LogP contribution in [0.3, 0.4) is 0 Å². The molecule has 4 heteroatoms. The third-order valence-corrected chi connectivity index (χ3v) is 4.27. The molecular formula is C14H27N3O. The smallest absolute Gasteiger partial charge is 0.241 e. The summed E-state index contributed by atoms with van der Waals surface area (Å²) in [4.78, 5) is 16.9. The van der Waals surface area contributed by atoms with Gasteiger partial charge in [0.2, 0.25) is 5.91 Å². The highest BCUT2D eigenvalue weighted by Crippen LogP contribution is 2.20. The SMILES string of the molecule is CCC1NC(CC)N(C(C)CN2CCCC2)C1=O. The maximum atomic E-state index is 12.4. The first-order chi connectivity index (χ1) is 8.67. The summed E-state index contributed by atoms with van der Waals surface area (Å²) in [5.41, 5.74) is 0. The van der Waals surface area contributed by atoms with Crippen LogP contribution in [-0.4, -0.2) is 53.6 Å². The lowest BCUT2D eigenvalue weighted by atomic mass is 10.2. The number of carbonyl (C=O) groups excluding carboxylic acids is 1. The summed E-state index contributed by atoms with van der Waals surface area (Å²) in [5, 5.41) is 3.45. The molecule has 18 heavy (non-hydrogen) atoms.